The highest BCUT2D eigenvalue weighted by molar-refractivity contribution is 5.79. The molecule has 2 aromatic carbocycles. The Labute approximate surface area is 219 Å². The Morgan fingerprint density at radius 2 is 1.61 bits per heavy atom. The minimum absolute atomic E-state index is 0.0383. The smallest absolute Gasteiger partial charge is 0.409 e. The molecule has 0 N–H and O–H groups in total. The van der Waals surface area contributed by atoms with E-state index in [9.17, 15) is 9.59 Å². The van der Waals surface area contributed by atoms with Gasteiger partial charge in [0.1, 0.15) is 18.7 Å². The first-order valence-electron chi connectivity index (χ1n) is 12.8. The zero-order valence-corrected chi connectivity index (χ0v) is 21.1. The van der Waals surface area contributed by atoms with E-state index in [1.54, 1.807) is 28.9 Å². The van der Waals surface area contributed by atoms with Gasteiger partial charge in [-0.3, -0.25) is 4.79 Å². The lowest BCUT2D eigenvalue weighted by Gasteiger charge is -2.34. The summed E-state index contributed by atoms with van der Waals surface area (Å²) < 4.78 is 12.5. The molecule has 6 rings (SSSR count). The molecule has 4 aromatic rings. The van der Waals surface area contributed by atoms with E-state index in [2.05, 4.69) is 39.2 Å². The van der Waals surface area contributed by atoms with E-state index in [1.165, 1.54) is 22.3 Å². The molecule has 0 spiro atoms. The predicted octanol–water partition coefficient (Wildman–Crippen LogP) is 3.46. The normalized spacial score (nSPS) is 14.9. The van der Waals surface area contributed by atoms with Crippen LogP contribution in [0.5, 0.6) is 0 Å². The van der Waals surface area contributed by atoms with Crippen molar-refractivity contribution in [2.45, 2.75) is 19.4 Å². The van der Waals surface area contributed by atoms with E-state index in [4.69, 9.17) is 9.47 Å². The van der Waals surface area contributed by atoms with Crippen molar-refractivity contribution >= 4 is 29.2 Å². The number of carbonyl (C=O) groups excluding carboxylic acids is 2. The van der Waals surface area contributed by atoms with Crippen LogP contribution in [0.1, 0.15) is 24.0 Å². The number of hydrogen-bond donors (Lipinski definition) is 0. The molecule has 1 aliphatic heterocycles. The van der Waals surface area contributed by atoms with E-state index >= 15 is 0 Å². The van der Waals surface area contributed by atoms with Crippen LogP contribution >= 0.6 is 0 Å². The van der Waals surface area contributed by atoms with Gasteiger partial charge in [-0.15, -0.1) is 0 Å². The van der Waals surface area contributed by atoms with Crippen molar-refractivity contribution in [2.24, 2.45) is 0 Å². The van der Waals surface area contributed by atoms with Crippen molar-refractivity contribution in [3.8, 4) is 11.1 Å². The van der Waals surface area contributed by atoms with Gasteiger partial charge < -0.3 is 23.8 Å². The summed E-state index contributed by atoms with van der Waals surface area (Å²) in [5.74, 6) is 0.253. The molecule has 10 nitrogen and oxygen atoms in total. The molecular formula is C28H28N6O4. The number of carbonyl (C=O) groups is 2. The molecule has 194 valence electrons. The van der Waals surface area contributed by atoms with Crippen molar-refractivity contribution in [2.75, 3.05) is 44.3 Å². The first kappa shape index (κ1) is 23.9. The number of piperazine rings is 1. The predicted molar refractivity (Wildman–Crippen MR) is 141 cm³/mol. The molecule has 0 bridgehead atoms. The summed E-state index contributed by atoms with van der Waals surface area (Å²) in [7, 11) is 0. The van der Waals surface area contributed by atoms with Crippen LogP contribution in [0.25, 0.3) is 22.3 Å². The highest BCUT2D eigenvalue weighted by Crippen LogP contribution is 2.44. The van der Waals surface area contributed by atoms with Crippen LogP contribution in [0, 0.1) is 0 Å². The minimum Gasteiger partial charge on any atom is -0.465 e. The van der Waals surface area contributed by atoms with Gasteiger partial charge in [0.2, 0.25) is 5.95 Å². The van der Waals surface area contributed by atoms with Crippen LogP contribution in [0.2, 0.25) is 0 Å². The van der Waals surface area contributed by atoms with Gasteiger partial charge in [-0.1, -0.05) is 48.5 Å². The van der Waals surface area contributed by atoms with Crippen molar-refractivity contribution < 1.29 is 19.1 Å². The second-order valence-corrected chi connectivity index (χ2v) is 9.33. The fraction of sp³-hybridized carbons (Fsp3) is 0.321. The highest BCUT2D eigenvalue weighted by Gasteiger charge is 2.30. The summed E-state index contributed by atoms with van der Waals surface area (Å²) in [6.45, 7) is 4.65. The number of anilines is 1. The number of esters is 1. The van der Waals surface area contributed by atoms with Crippen LogP contribution < -0.4 is 4.90 Å². The number of benzene rings is 2. The summed E-state index contributed by atoms with van der Waals surface area (Å²) in [5.41, 5.74) is 5.99. The number of ether oxygens (including phenoxy) is 2. The zero-order chi connectivity index (χ0) is 26.1. The third-order valence-electron chi connectivity index (χ3n) is 7.13. The maximum Gasteiger partial charge on any atom is 0.409 e. The molecular weight excluding hydrogens is 484 g/mol. The second-order valence-electron chi connectivity index (χ2n) is 9.33. The third kappa shape index (κ3) is 4.42. The van der Waals surface area contributed by atoms with E-state index in [-0.39, 0.29) is 24.5 Å². The minimum atomic E-state index is -0.333. The molecule has 38 heavy (non-hydrogen) atoms. The van der Waals surface area contributed by atoms with Gasteiger partial charge in [0.05, 0.1) is 19.1 Å². The summed E-state index contributed by atoms with van der Waals surface area (Å²) >= 11 is 0. The third-order valence-corrected chi connectivity index (χ3v) is 7.13. The van der Waals surface area contributed by atoms with Crippen LogP contribution in [-0.4, -0.2) is 75.9 Å². The van der Waals surface area contributed by atoms with Gasteiger partial charge in [-0.25, -0.2) is 14.8 Å². The molecule has 1 amide bonds. The van der Waals surface area contributed by atoms with E-state index in [0.29, 0.717) is 56.5 Å². The van der Waals surface area contributed by atoms with Crippen LogP contribution in [0.3, 0.4) is 0 Å². The monoisotopic (exact) mass is 512 g/mol. The SMILES string of the molecule is CCOC(=O)Cn1cnc2nc(N3CCN(C(=O)OCC4c5ccccc5-c5ccccc54)CC3)ncc21. The van der Waals surface area contributed by atoms with Gasteiger partial charge in [0.15, 0.2) is 5.65 Å². The van der Waals surface area contributed by atoms with E-state index in [1.807, 2.05) is 29.2 Å². The first-order chi connectivity index (χ1) is 18.6. The van der Waals surface area contributed by atoms with Crippen molar-refractivity contribution in [1.82, 2.24) is 24.4 Å². The maximum absolute atomic E-state index is 12.9. The van der Waals surface area contributed by atoms with Crippen molar-refractivity contribution in [1.29, 1.82) is 0 Å². The Morgan fingerprint density at radius 1 is 0.921 bits per heavy atom. The summed E-state index contributed by atoms with van der Waals surface area (Å²) in [4.78, 5) is 41.9. The Balaban J connectivity index is 1.06. The van der Waals surface area contributed by atoms with Gasteiger partial charge in [0, 0.05) is 32.1 Å². The van der Waals surface area contributed by atoms with E-state index < -0.39 is 0 Å². The lowest BCUT2D eigenvalue weighted by atomic mass is 9.98. The van der Waals surface area contributed by atoms with Gasteiger partial charge in [-0.2, -0.15) is 4.98 Å². The number of fused-ring (bicyclic) bond motifs is 4. The largest absolute Gasteiger partial charge is 0.465 e. The summed E-state index contributed by atoms with van der Waals surface area (Å²) in [6.07, 6.45) is 2.93. The van der Waals surface area contributed by atoms with Crippen molar-refractivity contribution in [3.63, 3.8) is 0 Å². The Morgan fingerprint density at radius 3 is 2.29 bits per heavy atom. The van der Waals surface area contributed by atoms with E-state index in [0.717, 1.165) is 0 Å². The molecule has 2 aliphatic rings. The molecule has 0 unspecified atom stereocenters. The number of aromatic nitrogens is 4. The molecule has 1 fully saturated rings. The topological polar surface area (TPSA) is 103 Å². The van der Waals surface area contributed by atoms with Crippen LogP contribution in [0.15, 0.2) is 61.1 Å². The maximum atomic E-state index is 12.9. The fourth-order valence-corrected chi connectivity index (χ4v) is 5.24. The molecule has 3 heterocycles. The molecule has 1 aliphatic carbocycles. The Kier molecular flexibility index (Phi) is 6.36. The molecule has 0 radical (unpaired) electrons. The average Bonchev–Trinajstić information content (AvgIpc) is 3.50. The van der Waals surface area contributed by atoms with Crippen LogP contribution in [0.4, 0.5) is 10.7 Å². The molecule has 0 saturated carbocycles. The number of hydrogen-bond acceptors (Lipinski definition) is 8. The number of nitrogens with zero attached hydrogens (tertiary/aromatic N) is 6. The van der Waals surface area contributed by atoms with Gasteiger partial charge in [0.25, 0.3) is 0 Å². The number of imidazole rings is 1. The van der Waals surface area contributed by atoms with Gasteiger partial charge >= 0.3 is 12.1 Å². The fourth-order valence-electron chi connectivity index (χ4n) is 5.24. The quantitative estimate of drug-likeness (QED) is 0.362. The lowest BCUT2D eigenvalue weighted by molar-refractivity contribution is -0.143. The summed E-state index contributed by atoms with van der Waals surface area (Å²) in [5, 5.41) is 0. The molecule has 1 saturated heterocycles. The molecule has 10 heteroatoms. The van der Waals surface area contributed by atoms with Crippen molar-refractivity contribution in [3.05, 3.63) is 72.2 Å². The first-order valence-corrected chi connectivity index (χ1v) is 12.8. The zero-order valence-electron chi connectivity index (χ0n) is 21.1. The Bertz CT molecular complexity index is 1450. The van der Waals surface area contributed by atoms with Crippen LogP contribution in [-0.2, 0) is 20.8 Å². The highest BCUT2D eigenvalue weighted by atomic mass is 16.6. The summed E-state index contributed by atoms with van der Waals surface area (Å²) in [6, 6.07) is 16.6. The lowest BCUT2D eigenvalue weighted by Crippen LogP contribution is -2.49. The number of amides is 1. The average molecular weight is 513 g/mol. The second kappa shape index (κ2) is 10.1. The molecule has 0 atom stereocenters. The van der Waals surface area contributed by atoms with Gasteiger partial charge in [-0.05, 0) is 29.2 Å². The standard InChI is InChI=1S/C28H28N6O4/c1-2-37-25(35)16-34-18-30-26-24(34)15-29-27(31-26)32-11-13-33(14-12-32)28(36)38-17-23-21-9-5-3-7-19(21)20-8-4-6-10-22(20)23/h3-10,15,18,23H,2,11-14,16-17H2,1H3. The number of rotatable bonds is 6. The Hall–Kier alpha value is -4.47. The molecule has 2 aromatic heterocycles.